The molecule has 1 unspecified atom stereocenters. The highest BCUT2D eigenvalue weighted by atomic mass is 79.9. The Morgan fingerprint density at radius 2 is 2.41 bits per heavy atom. The molecule has 3 rings (SSSR count). The van der Waals surface area contributed by atoms with Crippen LogP contribution in [0, 0.1) is 11.3 Å². The molecule has 0 fully saturated rings. The molecule has 1 aliphatic heterocycles. The number of unbranched alkanes of at least 4 members (excludes halogenated alkanes) is 1. The molecule has 0 saturated carbocycles. The molecule has 114 valence electrons. The number of allylic oxidation sites excluding steroid dienone is 1. The molecule has 0 aromatic carbocycles. The maximum absolute atomic E-state index is 9.52. The number of thiophene rings is 1. The number of hydrogen-bond acceptors (Lipinski definition) is 5. The van der Waals surface area contributed by atoms with E-state index >= 15 is 0 Å². The number of aromatic amines is 1. The minimum Gasteiger partial charge on any atom is -0.420 e. The Balaban J connectivity index is 2.13. The van der Waals surface area contributed by atoms with E-state index in [2.05, 4.69) is 39.1 Å². The summed E-state index contributed by atoms with van der Waals surface area (Å²) in [7, 11) is 0. The van der Waals surface area contributed by atoms with Gasteiger partial charge in [-0.2, -0.15) is 5.26 Å². The van der Waals surface area contributed by atoms with Gasteiger partial charge in [0, 0.05) is 20.4 Å². The zero-order valence-corrected chi connectivity index (χ0v) is 14.4. The van der Waals surface area contributed by atoms with Crippen molar-refractivity contribution in [2.24, 2.45) is 5.73 Å². The lowest BCUT2D eigenvalue weighted by atomic mass is 9.88. The van der Waals surface area contributed by atoms with E-state index in [9.17, 15) is 5.26 Å². The van der Waals surface area contributed by atoms with Crippen LogP contribution in [0.5, 0.6) is 5.88 Å². The second-order valence-electron chi connectivity index (χ2n) is 5.12. The molecule has 1 aliphatic rings. The van der Waals surface area contributed by atoms with E-state index in [1.807, 2.05) is 11.4 Å². The van der Waals surface area contributed by atoms with Gasteiger partial charge in [-0.1, -0.05) is 13.3 Å². The van der Waals surface area contributed by atoms with Crippen LogP contribution in [0.3, 0.4) is 0 Å². The summed E-state index contributed by atoms with van der Waals surface area (Å²) in [5.41, 5.74) is 8.33. The van der Waals surface area contributed by atoms with Crippen LogP contribution in [0.1, 0.15) is 41.8 Å². The lowest BCUT2D eigenvalue weighted by molar-refractivity contribution is 0.379. The van der Waals surface area contributed by atoms with E-state index in [0.29, 0.717) is 11.5 Å². The fourth-order valence-electron chi connectivity index (χ4n) is 2.62. The highest BCUT2D eigenvalue weighted by Gasteiger charge is 2.35. The highest BCUT2D eigenvalue weighted by Crippen LogP contribution is 2.45. The van der Waals surface area contributed by atoms with Crippen LogP contribution >= 0.6 is 27.3 Å². The zero-order valence-electron chi connectivity index (χ0n) is 12.0. The smallest absolute Gasteiger partial charge is 0.244 e. The minimum atomic E-state index is -0.212. The van der Waals surface area contributed by atoms with Gasteiger partial charge in [-0.15, -0.1) is 16.4 Å². The number of aryl methyl sites for hydroxylation is 1. The monoisotopic (exact) mass is 378 g/mol. The maximum Gasteiger partial charge on any atom is 0.244 e. The van der Waals surface area contributed by atoms with Crippen LogP contribution in [-0.2, 0) is 6.42 Å². The van der Waals surface area contributed by atoms with E-state index < -0.39 is 0 Å². The van der Waals surface area contributed by atoms with Crippen LogP contribution in [0.25, 0.3) is 0 Å². The molecule has 5 nitrogen and oxygen atoms in total. The standard InChI is InChI=1S/C15H15BrN4OS/c1-2-3-4-10-13-12(11-5-8(16)7-22-11)9(6-17)14(18)21-15(13)20-19-10/h5,7,12H,2-4,18H2,1H3,(H,19,20). The number of ether oxygens (including phenoxy) is 1. The second kappa shape index (κ2) is 6.15. The first-order valence-corrected chi connectivity index (χ1v) is 8.71. The molecule has 7 heteroatoms. The number of nitriles is 1. The molecule has 0 amide bonds. The fraction of sp³-hybridized carbons (Fsp3) is 0.333. The molecule has 0 radical (unpaired) electrons. The predicted molar refractivity (Wildman–Crippen MR) is 88.5 cm³/mol. The van der Waals surface area contributed by atoms with Crippen LogP contribution in [0.2, 0.25) is 0 Å². The summed E-state index contributed by atoms with van der Waals surface area (Å²) in [5.74, 6) is 0.408. The van der Waals surface area contributed by atoms with Crippen molar-refractivity contribution < 1.29 is 4.74 Å². The van der Waals surface area contributed by atoms with E-state index in [1.165, 1.54) is 0 Å². The first-order valence-electron chi connectivity index (χ1n) is 7.04. The van der Waals surface area contributed by atoms with Gasteiger partial charge in [-0.25, -0.2) is 0 Å². The van der Waals surface area contributed by atoms with Crippen molar-refractivity contribution in [1.82, 2.24) is 10.2 Å². The molecule has 3 heterocycles. The largest absolute Gasteiger partial charge is 0.420 e. The van der Waals surface area contributed by atoms with Gasteiger partial charge in [0.1, 0.15) is 11.6 Å². The summed E-state index contributed by atoms with van der Waals surface area (Å²) in [5, 5.41) is 18.8. The number of halogens is 1. The van der Waals surface area contributed by atoms with E-state index in [-0.39, 0.29) is 11.8 Å². The summed E-state index contributed by atoms with van der Waals surface area (Å²) < 4.78 is 6.54. The maximum atomic E-state index is 9.52. The van der Waals surface area contributed by atoms with Crippen molar-refractivity contribution >= 4 is 27.3 Å². The summed E-state index contributed by atoms with van der Waals surface area (Å²) in [6, 6.07) is 4.22. The normalized spacial score (nSPS) is 17.0. The molecule has 0 spiro atoms. The quantitative estimate of drug-likeness (QED) is 0.846. The van der Waals surface area contributed by atoms with E-state index in [4.69, 9.17) is 10.5 Å². The van der Waals surface area contributed by atoms with Crippen LogP contribution < -0.4 is 10.5 Å². The Labute approximate surface area is 140 Å². The first-order chi connectivity index (χ1) is 10.7. The molecular weight excluding hydrogens is 364 g/mol. The van der Waals surface area contributed by atoms with Crippen molar-refractivity contribution in [2.75, 3.05) is 0 Å². The van der Waals surface area contributed by atoms with Crippen LogP contribution in [0.4, 0.5) is 0 Å². The molecule has 0 aliphatic carbocycles. The number of fused-ring (bicyclic) bond motifs is 1. The van der Waals surface area contributed by atoms with Gasteiger partial charge in [0.2, 0.25) is 11.8 Å². The average molecular weight is 379 g/mol. The molecular formula is C15H15BrN4OS. The summed E-state index contributed by atoms with van der Waals surface area (Å²) >= 11 is 5.06. The Bertz CT molecular complexity index is 771. The number of nitrogens with two attached hydrogens (primary N) is 1. The third kappa shape index (κ3) is 2.53. The first kappa shape index (κ1) is 15.1. The van der Waals surface area contributed by atoms with Gasteiger partial charge in [-0.3, -0.25) is 5.10 Å². The fourth-order valence-corrected chi connectivity index (χ4v) is 4.18. The van der Waals surface area contributed by atoms with Gasteiger partial charge in [-0.05, 0) is 34.8 Å². The van der Waals surface area contributed by atoms with E-state index in [1.54, 1.807) is 11.3 Å². The molecule has 0 saturated heterocycles. The summed E-state index contributed by atoms with van der Waals surface area (Å²) in [6.07, 6.45) is 3.02. The van der Waals surface area contributed by atoms with Crippen molar-refractivity contribution in [3.8, 4) is 11.9 Å². The lowest BCUT2D eigenvalue weighted by Crippen LogP contribution is -2.20. The Kier molecular flexibility index (Phi) is 4.23. The van der Waals surface area contributed by atoms with E-state index in [0.717, 1.165) is 39.9 Å². The molecule has 0 bridgehead atoms. The zero-order chi connectivity index (χ0) is 15.7. The number of rotatable bonds is 4. The van der Waals surface area contributed by atoms with Crippen molar-refractivity contribution in [3.05, 3.63) is 43.5 Å². The van der Waals surface area contributed by atoms with Gasteiger partial charge in [0.05, 0.1) is 11.5 Å². The number of aromatic nitrogens is 2. The molecule has 3 N–H and O–H groups in total. The Hall–Kier alpha value is -1.78. The van der Waals surface area contributed by atoms with Crippen molar-refractivity contribution in [2.45, 2.75) is 32.1 Å². The Morgan fingerprint density at radius 3 is 3.05 bits per heavy atom. The predicted octanol–water partition coefficient (Wildman–Crippen LogP) is 3.79. The number of nitrogens with one attached hydrogen (secondary N) is 1. The molecule has 22 heavy (non-hydrogen) atoms. The molecule has 2 aromatic heterocycles. The van der Waals surface area contributed by atoms with Gasteiger partial charge < -0.3 is 10.5 Å². The van der Waals surface area contributed by atoms with Crippen molar-refractivity contribution in [3.63, 3.8) is 0 Å². The average Bonchev–Trinajstić information content (AvgIpc) is 3.10. The van der Waals surface area contributed by atoms with Gasteiger partial charge >= 0.3 is 0 Å². The summed E-state index contributed by atoms with van der Waals surface area (Å²) in [6.45, 7) is 2.14. The third-order valence-electron chi connectivity index (χ3n) is 3.67. The SMILES string of the molecule is CCCCc1[nH]nc2c1C(c1cc(Br)cs1)C(C#N)=C(N)O2. The molecule has 1 atom stereocenters. The number of hydrogen-bond donors (Lipinski definition) is 2. The minimum absolute atomic E-state index is 0.137. The van der Waals surface area contributed by atoms with Gasteiger partial charge in [0.15, 0.2) is 0 Å². The Morgan fingerprint density at radius 1 is 1.59 bits per heavy atom. The van der Waals surface area contributed by atoms with Gasteiger partial charge in [0.25, 0.3) is 0 Å². The van der Waals surface area contributed by atoms with Crippen LogP contribution in [0.15, 0.2) is 27.4 Å². The second-order valence-corrected chi connectivity index (χ2v) is 6.98. The van der Waals surface area contributed by atoms with Crippen LogP contribution in [-0.4, -0.2) is 10.2 Å². The number of nitrogens with zero attached hydrogens (tertiary/aromatic N) is 2. The topological polar surface area (TPSA) is 87.7 Å². The van der Waals surface area contributed by atoms with Crippen molar-refractivity contribution in [1.29, 1.82) is 5.26 Å². The summed E-state index contributed by atoms with van der Waals surface area (Å²) in [4.78, 5) is 1.05. The number of H-pyrrole nitrogens is 1. The third-order valence-corrected chi connectivity index (χ3v) is 5.43. The molecule has 2 aromatic rings. The highest BCUT2D eigenvalue weighted by molar-refractivity contribution is 9.10. The lowest BCUT2D eigenvalue weighted by Gasteiger charge is -2.22.